The zero-order valence-corrected chi connectivity index (χ0v) is 16.8. The number of ether oxygens (including phenoxy) is 1. The van der Waals surface area contributed by atoms with Gasteiger partial charge in [0.05, 0.1) is 11.9 Å². The molecule has 1 amide bonds. The van der Waals surface area contributed by atoms with Gasteiger partial charge in [-0.25, -0.2) is 0 Å². The van der Waals surface area contributed by atoms with E-state index >= 15 is 0 Å². The Morgan fingerprint density at radius 1 is 1.12 bits per heavy atom. The van der Waals surface area contributed by atoms with Gasteiger partial charge in [0.15, 0.2) is 0 Å². The van der Waals surface area contributed by atoms with Crippen molar-refractivity contribution in [2.24, 2.45) is 0 Å². The van der Waals surface area contributed by atoms with Gasteiger partial charge in [-0.05, 0) is 56.9 Å². The number of amides is 1. The highest BCUT2D eigenvalue weighted by Crippen LogP contribution is 2.16. The van der Waals surface area contributed by atoms with Gasteiger partial charge >= 0.3 is 0 Å². The summed E-state index contributed by atoms with van der Waals surface area (Å²) in [5, 5.41) is 3.01. The van der Waals surface area contributed by atoms with Crippen molar-refractivity contribution in [1.29, 1.82) is 0 Å². The van der Waals surface area contributed by atoms with Crippen molar-refractivity contribution in [2.45, 2.75) is 45.5 Å². The second-order valence-corrected chi connectivity index (χ2v) is 7.73. The molecule has 0 atom stereocenters. The number of rotatable bonds is 10. The summed E-state index contributed by atoms with van der Waals surface area (Å²) in [6.45, 7) is 6.85. The first-order valence-electron chi connectivity index (χ1n) is 9.18. The zero-order valence-electron chi connectivity index (χ0n) is 16.0. The number of benzene rings is 2. The summed E-state index contributed by atoms with van der Waals surface area (Å²) < 4.78 is 5.71. The highest BCUT2D eigenvalue weighted by atomic mass is 32.2. The maximum atomic E-state index is 11.9. The lowest BCUT2D eigenvalue weighted by Crippen LogP contribution is -2.26. The Balaban J connectivity index is 1.61. The van der Waals surface area contributed by atoms with E-state index in [1.807, 2.05) is 26.0 Å². The first kappa shape index (κ1) is 20.4. The summed E-state index contributed by atoms with van der Waals surface area (Å²) in [5.41, 5.74) is 3.77. The molecule has 0 fully saturated rings. The molecule has 0 radical (unpaired) electrons. The fourth-order valence-electron chi connectivity index (χ4n) is 2.68. The first-order valence-corrected chi connectivity index (χ1v) is 10.3. The third kappa shape index (κ3) is 7.96. The van der Waals surface area contributed by atoms with Crippen LogP contribution >= 0.6 is 11.8 Å². The molecule has 0 saturated carbocycles. The quantitative estimate of drug-likeness (QED) is 0.612. The molecule has 0 aromatic heterocycles. The van der Waals surface area contributed by atoms with Crippen LogP contribution in [0.4, 0.5) is 0 Å². The molecule has 0 saturated heterocycles. The van der Waals surface area contributed by atoms with Crippen molar-refractivity contribution >= 4 is 17.7 Å². The van der Waals surface area contributed by atoms with E-state index < -0.39 is 0 Å². The summed E-state index contributed by atoms with van der Waals surface area (Å²) in [6.07, 6.45) is 2.05. The summed E-state index contributed by atoms with van der Waals surface area (Å²) in [4.78, 5) is 11.9. The van der Waals surface area contributed by atoms with Gasteiger partial charge in [0.1, 0.15) is 5.75 Å². The Hall–Kier alpha value is -1.94. The van der Waals surface area contributed by atoms with Crippen LogP contribution in [-0.4, -0.2) is 24.3 Å². The molecule has 3 nitrogen and oxygen atoms in total. The molecule has 140 valence electrons. The van der Waals surface area contributed by atoms with Crippen LogP contribution in [0.15, 0.2) is 48.5 Å². The number of thioether (sulfide) groups is 1. The van der Waals surface area contributed by atoms with E-state index in [1.54, 1.807) is 11.8 Å². The van der Waals surface area contributed by atoms with Gasteiger partial charge in [-0.2, -0.15) is 0 Å². The third-order valence-electron chi connectivity index (χ3n) is 3.82. The topological polar surface area (TPSA) is 38.3 Å². The minimum absolute atomic E-state index is 0.111. The van der Waals surface area contributed by atoms with E-state index in [2.05, 4.69) is 48.6 Å². The van der Waals surface area contributed by atoms with Gasteiger partial charge in [0, 0.05) is 12.3 Å². The van der Waals surface area contributed by atoms with E-state index in [-0.39, 0.29) is 12.0 Å². The molecule has 26 heavy (non-hydrogen) atoms. The van der Waals surface area contributed by atoms with Crippen LogP contribution in [0.1, 0.15) is 37.0 Å². The number of hydrogen-bond donors (Lipinski definition) is 1. The molecule has 0 spiro atoms. The fourth-order valence-corrected chi connectivity index (χ4v) is 3.49. The molecule has 4 heteroatoms. The average molecular weight is 372 g/mol. The van der Waals surface area contributed by atoms with E-state index in [9.17, 15) is 4.79 Å². The number of nitrogens with one attached hydrogen (secondary N) is 1. The highest BCUT2D eigenvalue weighted by Gasteiger charge is 2.03. The van der Waals surface area contributed by atoms with Gasteiger partial charge in [0.2, 0.25) is 5.91 Å². The normalized spacial score (nSPS) is 10.8. The Morgan fingerprint density at radius 3 is 2.65 bits per heavy atom. The molecule has 0 heterocycles. The summed E-state index contributed by atoms with van der Waals surface area (Å²) in [7, 11) is 0. The Morgan fingerprint density at radius 2 is 1.88 bits per heavy atom. The molecule has 0 aliphatic carbocycles. The summed E-state index contributed by atoms with van der Waals surface area (Å²) >= 11 is 1.66. The zero-order chi connectivity index (χ0) is 18.8. The van der Waals surface area contributed by atoms with Gasteiger partial charge in [-0.15, -0.1) is 11.8 Å². The lowest BCUT2D eigenvalue weighted by molar-refractivity contribution is -0.118. The van der Waals surface area contributed by atoms with Gasteiger partial charge in [-0.1, -0.05) is 42.0 Å². The van der Waals surface area contributed by atoms with Crippen molar-refractivity contribution < 1.29 is 9.53 Å². The second kappa shape index (κ2) is 10.9. The van der Waals surface area contributed by atoms with Crippen LogP contribution in [0, 0.1) is 6.92 Å². The number of carbonyl (C=O) groups is 1. The van der Waals surface area contributed by atoms with Gasteiger partial charge < -0.3 is 10.1 Å². The lowest BCUT2D eigenvalue weighted by atomic mass is 10.1. The monoisotopic (exact) mass is 371 g/mol. The minimum Gasteiger partial charge on any atom is -0.491 e. The van der Waals surface area contributed by atoms with Crippen molar-refractivity contribution in [3.8, 4) is 5.75 Å². The Bertz CT molecular complexity index is 700. The lowest BCUT2D eigenvalue weighted by Gasteiger charge is -2.11. The largest absolute Gasteiger partial charge is 0.491 e. The first-order chi connectivity index (χ1) is 12.5. The van der Waals surface area contributed by atoms with Crippen LogP contribution in [0.25, 0.3) is 0 Å². The average Bonchev–Trinajstić information content (AvgIpc) is 2.59. The Kier molecular flexibility index (Phi) is 8.56. The van der Waals surface area contributed by atoms with E-state index in [0.29, 0.717) is 12.3 Å². The third-order valence-corrected chi connectivity index (χ3v) is 4.82. The second-order valence-electron chi connectivity index (χ2n) is 6.75. The van der Waals surface area contributed by atoms with Crippen molar-refractivity contribution in [3.63, 3.8) is 0 Å². The SMILES string of the molecule is Cc1cccc(CSCC(=O)NCCCc2cccc(OC(C)C)c2)c1. The molecule has 0 aliphatic heterocycles. The maximum Gasteiger partial charge on any atom is 0.230 e. The fraction of sp³-hybridized carbons (Fsp3) is 0.409. The van der Waals surface area contributed by atoms with Crippen LogP contribution < -0.4 is 10.1 Å². The van der Waals surface area contributed by atoms with Crippen LogP contribution in [-0.2, 0) is 17.0 Å². The van der Waals surface area contributed by atoms with Gasteiger partial charge in [-0.3, -0.25) is 4.79 Å². The van der Waals surface area contributed by atoms with Gasteiger partial charge in [0.25, 0.3) is 0 Å². The minimum atomic E-state index is 0.111. The molecule has 0 bridgehead atoms. The highest BCUT2D eigenvalue weighted by molar-refractivity contribution is 7.99. The predicted octanol–water partition coefficient (Wildman–Crippen LogP) is 4.76. The van der Waals surface area contributed by atoms with Crippen LogP contribution in [0.3, 0.4) is 0 Å². The molecule has 0 aliphatic rings. The van der Waals surface area contributed by atoms with E-state index in [1.165, 1.54) is 16.7 Å². The van der Waals surface area contributed by atoms with Crippen LogP contribution in [0.2, 0.25) is 0 Å². The van der Waals surface area contributed by atoms with Crippen molar-refractivity contribution in [1.82, 2.24) is 5.32 Å². The standard InChI is InChI=1S/C22H29NO2S/c1-17(2)25-21-11-5-8-19(14-21)10-6-12-23-22(24)16-26-15-20-9-4-7-18(3)13-20/h4-5,7-9,11,13-14,17H,6,10,12,15-16H2,1-3H3,(H,23,24). The molecule has 2 aromatic rings. The van der Waals surface area contributed by atoms with Crippen molar-refractivity contribution in [2.75, 3.05) is 12.3 Å². The van der Waals surface area contributed by atoms with E-state index in [0.717, 1.165) is 24.3 Å². The molecule has 2 aromatic carbocycles. The smallest absolute Gasteiger partial charge is 0.230 e. The molecular weight excluding hydrogens is 342 g/mol. The molecular formula is C22H29NO2S. The number of carbonyl (C=O) groups excluding carboxylic acids is 1. The maximum absolute atomic E-state index is 11.9. The van der Waals surface area contributed by atoms with Crippen molar-refractivity contribution in [3.05, 3.63) is 65.2 Å². The molecule has 1 N–H and O–H groups in total. The predicted molar refractivity (Wildman–Crippen MR) is 111 cm³/mol. The Labute approximate surface area is 161 Å². The van der Waals surface area contributed by atoms with E-state index in [4.69, 9.17) is 4.74 Å². The summed E-state index contributed by atoms with van der Waals surface area (Å²) in [5.74, 6) is 2.40. The summed E-state index contributed by atoms with van der Waals surface area (Å²) in [6, 6.07) is 16.6. The number of aryl methyl sites for hydroxylation is 2. The number of hydrogen-bond acceptors (Lipinski definition) is 3. The molecule has 0 unspecified atom stereocenters. The molecule has 2 rings (SSSR count). The van der Waals surface area contributed by atoms with Crippen LogP contribution in [0.5, 0.6) is 5.75 Å².